The highest BCUT2D eigenvalue weighted by Crippen LogP contribution is 2.39. The molecule has 0 radical (unpaired) electrons. The van der Waals surface area contributed by atoms with E-state index in [1.807, 2.05) is 47.0 Å². The molecule has 0 spiro atoms. The topological polar surface area (TPSA) is 118 Å². The molecule has 0 amide bonds. The largest absolute Gasteiger partial charge is 0.388 e. The van der Waals surface area contributed by atoms with Gasteiger partial charge in [-0.25, -0.2) is 4.98 Å². The molecule has 1 aromatic carbocycles. The van der Waals surface area contributed by atoms with E-state index in [2.05, 4.69) is 25.5 Å². The summed E-state index contributed by atoms with van der Waals surface area (Å²) in [7, 11) is 0. The Morgan fingerprint density at radius 2 is 1.87 bits per heavy atom. The SMILES string of the molecule is C[C@@H]1O[C@@H](c2nc3nncc-3c(Nc3cccnc3)n2-c2ccccc2)[C@H](O)[C@@H]1O. The number of nitrogens with zero attached hydrogens (tertiary/aromatic N) is 5. The van der Waals surface area contributed by atoms with Gasteiger partial charge in [-0.05, 0) is 31.2 Å². The Morgan fingerprint density at radius 3 is 2.57 bits per heavy atom. The van der Waals surface area contributed by atoms with Crippen LogP contribution in [0, 0.1) is 0 Å². The van der Waals surface area contributed by atoms with Gasteiger partial charge in [0.2, 0.25) is 0 Å². The van der Waals surface area contributed by atoms with Crippen LogP contribution in [0.25, 0.3) is 17.1 Å². The quantitative estimate of drug-likeness (QED) is 0.473. The fraction of sp³-hybridized carbons (Fsp3) is 0.238. The molecule has 3 N–H and O–H groups in total. The number of hydrogen-bond acceptors (Lipinski definition) is 8. The second kappa shape index (κ2) is 7.45. The van der Waals surface area contributed by atoms with Gasteiger partial charge in [0, 0.05) is 11.9 Å². The molecule has 3 aliphatic rings. The molecular formula is C21H20N6O3. The number of anilines is 2. The van der Waals surface area contributed by atoms with Gasteiger partial charge in [0.1, 0.15) is 30.0 Å². The standard InChI is InChI=1S/C21H20N6O3/c1-12-16(28)17(29)18(30-12)21-25-19-15(11-23-26-19)20(24-13-6-5-9-22-10-13)27(21)14-7-3-2-4-8-14/h2-12,16-18,24,28-29H,1H3/t12-,16+,17+,18+/m0/s1. The highest BCUT2D eigenvalue weighted by atomic mass is 16.5. The van der Waals surface area contributed by atoms with Crippen molar-refractivity contribution >= 4 is 11.5 Å². The number of fused-ring (bicyclic) bond motifs is 1. The minimum Gasteiger partial charge on any atom is -0.388 e. The molecule has 1 saturated heterocycles. The lowest BCUT2D eigenvalue weighted by Crippen LogP contribution is -2.30. The predicted octanol–water partition coefficient (Wildman–Crippen LogP) is 2.09. The second-order valence-electron chi connectivity index (χ2n) is 7.18. The molecule has 2 aromatic rings. The summed E-state index contributed by atoms with van der Waals surface area (Å²) in [6, 6.07) is 13.3. The van der Waals surface area contributed by atoms with Crippen LogP contribution in [-0.2, 0) is 4.74 Å². The van der Waals surface area contributed by atoms with Crippen molar-refractivity contribution in [3.8, 4) is 17.1 Å². The van der Waals surface area contributed by atoms with Crippen molar-refractivity contribution in [1.82, 2.24) is 24.7 Å². The molecule has 9 nitrogen and oxygen atoms in total. The van der Waals surface area contributed by atoms with Crippen molar-refractivity contribution in [2.45, 2.75) is 31.3 Å². The van der Waals surface area contributed by atoms with E-state index in [9.17, 15) is 10.2 Å². The van der Waals surface area contributed by atoms with E-state index in [1.165, 1.54) is 0 Å². The third kappa shape index (κ3) is 3.09. The first-order chi connectivity index (χ1) is 14.6. The number of rotatable bonds is 4. The van der Waals surface area contributed by atoms with Crippen LogP contribution in [0.5, 0.6) is 0 Å². The van der Waals surface area contributed by atoms with E-state index in [-0.39, 0.29) is 0 Å². The summed E-state index contributed by atoms with van der Waals surface area (Å²) in [5, 5.41) is 32.5. The maximum Gasteiger partial charge on any atom is 0.188 e. The van der Waals surface area contributed by atoms with Gasteiger partial charge in [-0.15, -0.1) is 5.10 Å². The van der Waals surface area contributed by atoms with Gasteiger partial charge in [0.05, 0.1) is 29.7 Å². The average molecular weight is 404 g/mol. The van der Waals surface area contributed by atoms with Gasteiger partial charge in [-0.2, -0.15) is 5.10 Å². The van der Waals surface area contributed by atoms with Crippen molar-refractivity contribution in [1.29, 1.82) is 0 Å². The Hall–Kier alpha value is -3.40. The van der Waals surface area contributed by atoms with Crippen LogP contribution in [0.2, 0.25) is 0 Å². The molecule has 30 heavy (non-hydrogen) atoms. The fourth-order valence-corrected chi connectivity index (χ4v) is 3.68. The molecule has 5 rings (SSSR count). The minimum atomic E-state index is -1.13. The Kier molecular flexibility index (Phi) is 4.62. The molecule has 0 saturated carbocycles. The van der Waals surface area contributed by atoms with Crippen molar-refractivity contribution in [2.24, 2.45) is 0 Å². The first-order valence-corrected chi connectivity index (χ1v) is 9.61. The highest BCUT2D eigenvalue weighted by Gasteiger charge is 2.44. The van der Waals surface area contributed by atoms with E-state index in [1.54, 1.807) is 25.5 Å². The first kappa shape index (κ1) is 18.6. The first-order valence-electron chi connectivity index (χ1n) is 9.61. The molecule has 0 unspecified atom stereocenters. The summed E-state index contributed by atoms with van der Waals surface area (Å²) < 4.78 is 7.75. The van der Waals surface area contributed by atoms with Crippen molar-refractivity contribution in [2.75, 3.05) is 5.32 Å². The number of aliphatic hydroxyl groups excluding tert-OH is 2. The van der Waals surface area contributed by atoms with Crippen LogP contribution in [0.4, 0.5) is 11.5 Å². The van der Waals surface area contributed by atoms with E-state index >= 15 is 0 Å². The molecule has 3 aliphatic heterocycles. The maximum atomic E-state index is 10.7. The molecule has 4 atom stereocenters. The number of para-hydroxylation sites is 1. The number of ether oxygens (including phenoxy) is 1. The number of aromatic nitrogens is 5. The molecule has 0 aliphatic carbocycles. The Morgan fingerprint density at radius 1 is 1.03 bits per heavy atom. The van der Waals surface area contributed by atoms with Crippen LogP contribution >= 0.6 is 0 Å². The highest BCUT2D eigenvalue weighted by molar-refractivity contribution is 5.76. The van der Waals surface area contributed by atoms with Crippen molar-refractivity contribution in [3.63, 3.8) is 0 Å². The maximum absolute atomic E-state index is 10.7. The molecule has 1 aromatic heterocycles. The number of hydrogen-bond donors (Lipinski definition) is 3. The van der Waals surface area contributed by atoms with Gasteiger partial charge in [-0.3, -0.25) is 9.55 Å². The second-order valence-corrected chi connectivity index (χ2v) is 7.18. The monoisotopic (exact) mass is 404 g/mol. The summed E-state index contributed by atoms with van der Waals surface area (Å²) >= 11 is 0. The molecule has 0 bridgehead atoms. The lowest BCUT2D eigenvalue weighted by molar-refractivity contribution is 0.00839. The Bertz CT molecular complexity index is 1120. The van der Waals surface area contributed by atoms with Gasteiger partial charge in [0.25, 0.3) is 0 Å². The molecule has 1 fully saturated rings. The summed E-state index contributed by atoms with van der Waals surface area (Å²) in [5.74, 6) is 1.48. The van der Waals surface area contributed by atoms with Gasteiger partial charge >= 0.3 is 0 Å². The molecule has 9 heteroatoms. The summed E-state index contributed by atoms with van der Waals surface area (Å²) in [6.07, 6.45) is 1.51. The molecule has 152 valence electrons. The van der Waals surface area contributed by atoms with E-state index in [4.69, 9.17) is 4.74 Å². The predicted molar refractivity (Wildman–Crippen MR) is 109 cm³/mol. The fourth-order valence-electron chi connectivity index (χ4n) is 3.68. The van der Waals surface area contributed by atoms with Crippen molar-refractivity contribution < 1.29 is 14.9 Å². The van der Waals surface area contributed by atoms with Gasteiger partial charge in [-0.1, -0.05) is 18.2 Å². The third-order valence-electron chi connectivity index (χ3n) is 5.20. The summed E-state index contributed by atoms with van der Waals surface area (Å²) in [4.78, 5) is 8.82. The third-order valence-corrected chi connectivity index (χ3v) is 5.20. The van der Waals surface area contributed by atoms with Gasteiger partial charge in [0.15, 0.2) is 5.82 Å². The number of nitrogens with one attached hydrogen (secondary N) is 1. The number of aliphatic hydroxyl groups is 2. The number of pyridine rings is 1. The van der Waals surface area contributed by atoms with Crippen LogP contribution in [0.3, 0.4) is 0 Å². The minimum absolute atomic E-state index is 0.411. The van der Waals surface area contributed by atoms with E-state index in [0.29, 0.717) is 23.0 Å². The average Bonchev–Trinajstić information content (AvgIpc) is 3.35. The van der Waals surface area contributed by atoms with Crippen molar-refractivity contribution in [3.05, 3.63) is 66.9 Å². The van der Waals surface area contributed by atoms with Crippen LogP contribution < -0.4 is 5.32 Å². The zero-order chi connectivity index (χ0) is 20.7. The zero-order valence-electron chi connectivity index (χ0n) is 16.1. The molecular weight excluding hydrogens is 384 g/mol. The molecule has 4 heterocycles. The number of benzene rings is 1. The Labute approximate surface area is 172 Å². The zero-order valence-corrected chi connectivity index (χ0v) is 16.1. The smallest absolute Gasteiger partial charge is 0.188 e. The lowest BCUT2D eigenvalue weighted by atomic mass is 10.1. The summed E-state index contributed by atoms with van der Waals surface area (Å²) in [5.41, 5.74) is 2.27. The summed E-state index contributed by atoms with van der Waals surface area (Å²) in [6.45, 7) is 1.72. The van der Waals surface area contributed by atoms with Crippen LogP contribution in [-0.4, -0.2) is 53.3 Å². The van der Waals surface area contributed by atoms with E-state index < -0.39 is 24.4 Å². The van der Waals surface area contributed by atoms with Gasteiger partial charge < -0.3 is 20.3 Å². The lowest BCUT2D eigenvalue weighted by Gasteiger charge is -2.25. The van der Waals surface area contributed by atoms with Crippen LogP contribution in [0.1, 0.15) is 18.9 Å². The normalized spacial score (nSPS) is 23.7. The van der Waals surface area contributed by atoms with Crippen LogP contribution in [0.15, 0.2) is 61.1 Å². The Balaban J connectivity index is 1.76. The van der Waals surface area contributed by atoms with E-state index in [0.717, 1.165) is 11.4 Å².